The van der Waals surface area contributed by atoms with Gasteiger partial charge in [0.2, 0.25) is 0 Å². The van der Waals surface area contributed by atoms with Crippen LogP contribution in [0.4, 0.5) is 22.7 Å². The number of nitrogen functional groups attached to an aromatic ring is 4. The Hall–Kier alpha value is -8.42. The SMILES string of the molecule is C.C.CCCCCC[C@H](C/C=C\CCCCCCCC(=O)Oc1ccc(N)cc1)OC(=O)c1ccc(N)cc1.CCCCCC[C@H](CCCCCCCCCCC(=O)Oc1ccc(N)cc1)OC(=O)c1ccc(N)cc1.O=COCC(=O)O.O=COCC(=O)O. The molecule has 4 rings (SSSR count). The Bertz CT molecular complexity index is 2520. The number of anilines is 4. The van der Waals surface area contributed by atoms with Crippen molar-refractivity contribution in [1.82, 2.24) is 0 Å². The molecule has 0 aliphatic rings. The monoisotopic (exact) mass is 1260 g/mol. The summed E-state index contributed by atoms with van der Waals surface area (Å²) in [6.07, 6.45) is 32.9. The van der Waals surface area contributed by atoms with Crippen molar-refractivity contribution in [2.75, 3.05) is 36.1 Å². The molecule has 0 saturated carbocycles. The van der Waals surface area contributed by atoms with Crippen molar-refractivity contribution in [3.63, 3.8) is 0 Å². The van der Waals surface area contributed by atoms with Crippen LogP contribution in [0.25, 0.3) is 0 Å². The number of hydrogen-bond donors (Lipinski definition) is 6. The molecule has 0 aromatic heterocycles. The van der Waals surface area contributed by atoms with Gasteiger partial charge in [-0.2, -0.15) is 0 Å². The summed E-state index contributed by atoms with van der Waals surface area (Å²) in [5.41, 5.74) is 26.4. The number of carboxylic acid groups (broad SMARTS) is 2. The summed E-state index contributed by atoms with van der Waals surface area (Å²) in [6.45, 7) is 3.48. The molecular weight excluding hydrogens is 1150 g/mol. The molecule has 10 N–H and O–H groups in total. The van der Waals surface area contributed by atoms with E-state index in [-0.39, 0.29) is 63.9 Å². The smallest absolute Gasteiger partial charge is 0.341 e. The molecule has 90 heavy (non-hydrogen) atoms. The third-order valence-electron chi connectivity index (χ3n) is 13.3. The summed E-state index contributed by atoms with van der Waals surface area (Å²) in [7, 11) is 0. The van der Waals surface area contributed by atoms with Crippen molar-refractivity contribution in [3.05, 3.63) is 120 Å². The minimum atomic E-state index is -1.15. The van der Waals surface area contributed by atoms with Crippen LogP contribution in [0.3, 0.4) is 0 Å². The van der Waals surface area contributed by atoms with Crippen LogP contribution in [0.1, 0.15) is 229 Å². The van der Waals surface area contributed by atoms with Crippen LogP contribution in [-0.4, -0.2) is 84.4 Å². The van der Waals surface area contributed by atoms with E-state index in [1.165, 1.54) is 51.4 Å². The highest BCUT2D eigenvalue weighted by molar-refractivity contribution is 5.90. The molecule has 0 aliphatic carbocycles. The van der Waals surface area contributed by atoms with Gasteiger partial charge in [-0.15, -0.1) is 0 Å². The Labute approximate surface area is 535 Å². The third-order valence-corrected chi connectivity index (χ3v) is 13.3. The van der Waals surface area contributed by atoms with E-state index in [9.17, 15) is 38.4 Å². The highest BCUT2D eigenvalue weighted by atomic mass is 16.6. The third kappa shape index (κ3) is 47.6. The molecule has 0 saturated heterocycles. The normalized spacial score (nSPS) is 10.9. The molecule has 0 spiro atoms. The van der Waals surface area contributed by atoms with Crippen LogP contribution in [0.15, 0.2) is 109 Å². The van der Waals surface area contributed by atoms with Crippen molar-refractivity contribution in [2.24, 2.45) is 0 Å². The van der Waals surface area contributed by atoms with Gasteiger partial charge >= 0.3 is 35.8 Å². The van der Waals surface area contributed by atoms with Gasteiger partial charge < -0.3 is 61.6 Å². The van der Waals surface area contributed by atoms with Crippen LogP contribution in [0.5, 0.6) is 11.5 Å². The van der Waals surface area contributed by atoms with Crippen LogP contribution < -0.4 is 32.4 Å². The van der Waals surface area contributed by atoms with Crippen molar-refractivity contribution in [2.45, 2.75) is 221 Å². The van der Waals surface area contributed by atoms with E-state index >= 15 is 0 Å². The molecule has 0 aliphatic heterocycles. The summed E-state index contributed by atoms with van der Waals surface area (Å²) in [5.74, 6) is -2.14. The molecule has 20 heteroatoms. The maximum Gasteiger partial charge on any atom is 0.341 e. The predicted octanol–water partition coefficient (Wildman–Crippen LogP) is 15.2. The number of unbranched alkanes of at least 4 members (excludes halogenated alkanes) is 18. The Balaban J connectivity index is 0. The maximum absolute atomic E-state index is 12.6. The van der Waals surface area contributed by atoms with Crippen LogP contribution >= 0.6 is 0 Å². The molecule has 0 radical (unpaired) electrons. The molecule has 0 fully saturated rings. The lowest BCUT2D eigenvalue weighted by molar-refractivity contribution is -0.147. The van der Waals surface area contributed by atoms with E-state index in [0.717, 1.165) is 116 Å². The number of ether oxygens (including phenoxy) is 6. The molecule has 0 unspecified atom stereocenters. The molecule has 4 aromatic rings. The first-order valence-electron chi connectivity index (χ1n) is 30.9. The Kier molecular flexibility index (Phi) is 51.9. The number of hydrogen-bond acceptors (Lipinski definition) is 18. The predicted molar refractivity (Wildman–Crippen MR) is 356 cm³/mol. The van der Waals surface area contributed by atoms with Crippen molar-refractivity contribution < 1.29 is 77.0 Å². The lowest BCUT2D eigenvalue weighted by Crippen LogP contribution is -2.18. The van der Waals surface area contributed by atoms with Gasteiger partial charge in [-0.25, -0.2) is 19.2 Å². The van der Waals surface area contributed by atoms with Gasteiger partial charge in [0.15, 0.2) is 13.2 Å². The number of rotatable bonds is 43. The quantitative estimate of drug-likeness (QED) is 0.00456. The minimum absolute atomic E-state index is 0. The van der Waals surface area contributed by atoms with Crippen molar-refractivity contribution in [1.29, 1.82) is 0 Å². The Morgan fingerprint density at radius 1 is 0.411 bits per heavy atom. The number of aliphatic carboxylic acids is 2. The van der Waals surface area contributed by atoms with E-state index in [2.05, 4.69) is 35.5 Å². The molecule has 0 bridgehead atoms. The van der Waals surface area contributed by atoms with Crippen LogP contribution in [0, 0.1) is 0 Å². The lowest BCUT2D eigenvalue weighted by atomic mass is 10.0. The number of allylic oxidation sites excluding steroid dienone is 1. The molecule has 4 aromatic carbocycles. The van der Waals surface area contributed by atoms with Gasteiger partial charge in [0.25, 0.3) is 12.9 Å². The number of carboxylic acids is 2. The molecule has 0 amide bonds. The standard InChI is InChI=1S/C31H46N2O4.C31H44N2O4.2C3H4O4.2CH4/c2*1-2-3-4-11-14-28(37-31(35)25-17-19-26(32)20-18-25)15-12-9-7-5-6-8-10-13-16-30(34)36-29-23-21-27(33)22-24-29;2*4-2-7-1-3(5)6;;/h17-24,28H,2-16,32-33H2,1H3;9,12,17-24,28H,2-8,10-11,13-16,32-33H2,1H3;2*2H,1H2,(H,5,6);2*1H4/b;12-9-;;;;/t2*28-;;;;/m11..../s1. The molecule has 0 heterocycles. The van der Waals surface area contributed by atoms with Crippen LogP contribution in [-0.2, 0) is 47.7 Å². The molecule has 502 valence electrons. The van der Waals surface area contributed by atoms with E-state index < -0.39 is 25.2 Å². The van der Waals surface area contributed by atoms with Gasteiger partial charge in [0.1, 0.15) is 23.7 Å². The van der Waals surface area contributed by atoms with E-state index in [1.807, 2.05) is 0 Å². The zero-order chi connectivity index (χ0) is 64.8. The first-order valence-corrected chi connectivity index (χ1v) is 30.9. The largest absolute Gasteiger partial charge is 0.479 e. The number of benzene rings is 4. The summed E-state index contributed by atoms with van der Waals surface area (Å²) < 4.78 is 29.9. The van der Waals surface area contributed by atoms with Gasteiger partial charge in [-0.3, -0.25) is 19.2 Å². The number of carbonyl (C=O) groups excluding carboxylic acids is 6. The van der Waals surface area contributed by atoms with E-state index in [4.69, 9.17) is 52.1 Å². The zero-order valence-electron chi connectivity index (χ0n) is 51.8. The fourth-order valence-corrected chi connectivity index (χ4v) is 8.54. The van der Waals surface area contributed by atoms with Gasteiger partial charge in [0.05, 0.1) is 11.1 Å². The van der Waals surface area contributed by atoms with Crippen LogP contribution in [0.2, 0.25) is 0 Å². The number of esters is 4. The number of nitrogens with two attached hydrogens (primary N) is 4. The Morgan fingerprint density at radius 3 is 1.07 bits per heavy atom. The molecular formula is C70H106N4O16. The topological polar surface area (TPSA) is 336 Å². The fourth-order valence-electron chi connectivity index (χ4n) is 8.54. The minimum Gasteiger partial charge on any atom is -0.479 e. The van der Waals surface area contributed by atoms with Gasteiger partial charge in [-0.05, 0) is 161 Å². The highest BCUT2D eigenvalue weighted by Crippen LogP contribution is 2.21. The second-order valence-electron chi connectivity index (χ2n) is 21.1. The Morgan fingerprint density at radius 2 is 0.722 bits per heavy atom. The first kappa shape index (κ1) is 83.6. The molecule has 20 nitrogen and oxygen atoms in total. The average molecular weight is 1260 g/mol. The second kappa shape index (κ2) is 55.9. The van der Waals surface area contributed by atoms with E-state index in [0.29, 0.717) is 58.2 Å². The van der Waals surface area contributed by atoms with Crippen molar-refractivity contribution >= 4 is 71.5 Å². The van der Waals surface area contributed by atoms with Gasteiger partial charge in [-0.1, -0.05) is 137 Å². The second-order valence-corrected chi connectivity index (χ2v) is 21.1. The van der Waals surface area contributed by atoms with E-state index in [1.54, 1.807) is 97.1 Å². The fraction of sp³-hybridized carbons (Fsp3) is 0.514. The first-order chi connectivity index (χ1) is 42.5. The summed E-state index contributed by atoms with van der Waals surface area (Å²) in [6, 6.07) is 27.5. The van der Waals surface area contributed by atoms with Gasteiger partial charge in [0, 0.05) is 42.0 Å². The maximum atomic E-state index is 12.6. The zero-order valence-corrected chi connectivity index (χ0v) is 51.8. The van der Waals surface area contributed by atoms with Crippen molar-refractivity contribution in [3.8, 4) is 11.5 Å². The number of carbonyl (C=O) groups is 8. The summed E-state index contributed by atoms with van der Waals surface area (Å²) in [5, 5.41) is 15.5. The molecule has 2 atom stereocenters. The summed E-state index contributed by atoms with van der Waals surface area (Å²) >= 11 is 0. The summed E-state index contributed by atoms with van der Waals surface area (Å²) in [4.78, 5) is 86.4. The lowest BCUT2D eigenvalue weighted by Gasteiger charge is -2.18. The average Bonchev–Trinajstić information content (AvgIpc) is 3.03. The highest BCUT2D eigenvalue weighted by Gasteiger charge is 2.17.